The summed E-state index contributed by atoms with van der Waals surface area (Å²) in [4.78, 5) is 21.9. The van der Waals surface area contributed by atoms with Crippen molar-refractivity contribution >= 4 is 5.91 Å². The summed E-state index contributed by atoms with van der Waals surface area (Å²) >= 11 is 0. The standard InChI is InChI=1S/C23H31FN4O/c1-26(16-17-8-6-9-18(24)14-17)20-12-7-13-28-21(20)15-25-22(28)23(29)27(2)19-10-4-3-5-11-19/h6,8-9,14-15,19-20H,3-5,7,10-13,16H2,1-2H3/t20-/m0/s1. The van der Waals surface area contributed by atoms with Gasteiger partial charge in [0.15, 0.2) is 5.82 Å². The summed E-state index contributed by atoms with van der Waals surface area (Å²) in [5.74, 6) is 0.400. The molecule has 0 unspecified atom stereocenters. The summed E-state index contributed by atoms with van der Waals surface area (Å²) in [6.07, 6.45) is 9.76. The van der Waals surface area contributed by atoms with E-state index in [2.05, 4.69) is 21.5 Å². The largest absolute Gasteiger partial charge is 0.336 e. The van der Waals surface area contributed by atoms with Crippen LogP contribution in [0.4, 0.5) is 4.39 Å². The second-order valence-electron chi connectivity index (χ2n) is 8.57. The molecule has 0 radical (unpaired) electrons. The van der Waals surface area contributed by atoms with E-state index in [-0.39, 0.29) is 17.8 Å². The second kappa shape index (κ2) is 8.66. The molecule has 29 heavy (non-hydrogen) atoms. The van der Waals surface area contributed by atoms with E-state index in [9.17, 15) is 9.18 Å². The number of hydrogen-bond donors (Lipinski definition) is 0. The molecule has 0 N–H and O–H groups in total. The number of aromatic nitrogens is 2. The van der Waals surface area contributed by atoms with Gasteiger partial charge in [-0.05, 0) is 50.4 Å². The van der Waals surface area contributed by atoms with Crippen LogP contribution >= 0.6 is 0 Å². The Labute approximate surface area is 172 Å². The van der Waals surface area contributed by atoms with Crippen LogP contribution in [-0.2, 0) is 13.1 Å². The maximum atomic E-state index is 13.5. The molecule has 2 aromatic rings. The normalized spacial score (nSPS) is 19.9. The topological polar surface area (TPSA) is 41.4 Å². The molecule has 2 heterocycles. The van der Waals surface area contributed by atoms with Gasteiger partial charge in [0.2, 0.25) is 0 Å². The van der Waals surface area contributed by atoms with Gasteiger partial charge in [-0.15, -0.1) is 0 Å². The van der Waals surface area contributed by atoms with E-state index in [0.29, 0.717) is 18.4 Å². The molecule has 1 aromatic heterocycles. The molecule has 0 spiro atoms. The molecule has 5 nitrogen and oxygen atoms in total. The van der Waals surface area contributed by atoms with Gasteiger partial charge in [0.25, 0.3) is 5.91 Å². The van der Waals surface area contributed by atoms with Gasteiger partial charge in [-0.3, -0.25) is 9.69 Å². The first kappa shape index (κ1) is 20.1. The molecule has 1 fully saturated rings. The van der Waals surface area contributed by atoms with Gasteiger partial charge in [-0.2, -0.15) is 0 Å². The second-order valence-corrected chi connectivity index (χ2v) is 8.57. The molecule has 1 aliphatic heterocycles. The van der Waals surface area contributed by atoms with Crippen molar-refractivity contribution in [1.29, 1.82) is 0 Å². The molecule has 1 aliphatic carbocycles. The zero-order chi connectivity index (χ0) is 20.4. The van der Waals surface area contributed by atoms with Gasteiger partial charge in [0.05, 0.1) is 17.9 Å². The van der Waals surface area contributed by atoms with E-state index in [1.54, 1.807) is 12.1 Å². The number of benzene rings is 1. The van der Waals surface area contributed by atoms with E-state index >= 15 is 0 Å². The maximum absolute atomic E-state index is 13.5. The number of hydrogen-bond acceptors (Lipinski definition) is 3. The molecule has 1 saturated carbocycles. The molecule has 0 saturated heterocycles. The van der Waals surface area contributed by atoms with Crippen molar-refractivity contribution in [1.82, 2.24) is 19.4 Å². The van der Waals surface area contributed by atoms with E-state index in [1.807, 2.05) is 24.2 Å². The molecular weight excluding hydrogens is 367 g/mol. The minimum Gasteiger partial charge on any atom is -0.336 e. The van der Waals surface area contributed by atoms with Gasteiger partial charge >= 0.3 is 0 Å². The Kier molecular flexibility index (Phi) is 5.99. The van der Waals surface area contributed by atoms with Crippen LogP contribution in [-0.4, -0.2) is 45.4 Å². The van der Waals surface area contributed by atoms with Crippen molar-refractivity contribution in [3.8, 4) is 0 Å². The summed E-state index contributed by atoms with van der Waals surface area (Å²) in [6.45, 7) is 1.50. The Balaban J connectivity index is 1.51. The van der Waals surface area contributed by atoms with Crippen molar-refractivity contribution in [3.05, 3.63) is 53.4 Å². The van der Waals surface area contributed by atoms with Crippen LogP contribution in [0.2, 0.25) is 0 Å². The highest BCUT2D eigenvalue weighted by Gasteiger charge is 2.31. The van der Waals surface area contributed by atoms with E-state index in [4.69, 9.17) is 0 Å². The average Bonchev–Trinajstić information content (AvgIpc) is 3.17. The van der Waals surface area contributed by atoms with Crippen LogP contribution in [0, 0.1) is 5.82 Å². The molecule has 1 amide bonds. The van der Waals surface area contributed by atoms with Crippen molar-refractivity contribution < 1.29 is 9.18 Å². The van der Waals surface area contributed by atoms with Crippen molar-refractivity contribution in [2.75, 3.05) is 14.1 Å². The number of fused-ring (bicyclic) bond motifs is 1. The highest BCUT2D eigenvalue weighted by atomic mass is 19.1. The quantitative estimate of drug-likeness (QED) is 0.750. The molecule has 1 atom stereocenters. The zero-order valence-electron chi connectivity index (χ0n) is 17.5. The molecule has 6 heteroatoms. The summed E-state index contributed by atoms with van der Waals surface area (Å²) < 4.78 is 15.7. The fourth-order valence-electron chi connectivity index (χ4n) is 4.92. The smallest absolute Gasteiger partial charge is 0.289 e. The minimum absolute atomic E-state index is 0.0385. The average molecular weight is 399 g/mol. The van der Waals surface area contributed by atoms with Gasteiger partial charge in [-0.25, -0.2) is 9.37 Å². The summed E-state index contributed by atoms with van der Waals surface area (Å²) in [7, 11) is 3.99. The first-order valence-electron chi connectivity index (χ1n) is 10.8. The molecule has 0 bridgehead atoms. The summed E-state index contributed by atoms with van der Waals surface area (Å²) in [6, 6.07) is 7.28. The summed E-state index contributed by atoms with van der Waals surface area (Å²) in [5, 5.41) is 0. The fourth-order valence-corrected chi connectivity index (χ4v) is 4.92. The molecular formula is C23H31FN4O. The molecule has 2 aliphatic rings. The monoisotopic (exact) mass is 398 g/mol. The van der Waals surface area contributed by atoms with Gasteiger partial charge in [0, 0.05) is 26.2 Å². The van der Waals surface area contributed by atoms with Crippen molar-refractivity contribution in [2.45, 2.75) is 70.1 Å². The lowest BCUT2D eigenvalue weighted by molar-refractivity contribution is 0.0675. The van der Waals surface area contributed by atoms with E-state index in [0.717, 1.165) is 43.5 Å². The predicted molar refractivity (Wildman–Crippen MR) is 111 cm³/mol. The van der Waals surface area contributed by atoms with Crippen LogP contribution in [0.1, 0.15) is 72.9 Å². The number of rotatable bonds is 5. The Morgan fingerprint density at radius 2 is 1.97 bits per heavy atom. The number of nitrogens with zero attached hydrogens (tertiary/aromatic N) is 4. The Morgan fingerprint density at radius 3 is 2.72 bits per heavy atom. The van der Waals surface area contributed by atoms with Crippen LogP contribution in [0.25, 0.3) is 0 Å². The lowest BCUT2D eigenvalue weighted by Gasteiger charge is -2.34. The highest BCUT2D eigenvalue weighted by Crippen LogP contribution is 2.32. The van der Waals surface area contributed by atoms with Crippen LogP contribution < -0.4 is 0 Å². The third kappa shape index (κ3) is 4.22. The van der Waals surface area contributed by atoms with Crippen molar-refractivity contribution in [3.63, 3.8) is 0 Å². The number of amides is 1. The number of carbonyl (C=O) groups excluding carboxylic acids is 1. The summed E-state index contributed by atoms with van der Waals surface area (Å²) in [5.41, 5.74) is 2.05. The Morgan fingerprint density at radius 1 is 1.17 bits per heavy atom. The Bertz CT molecular complexity index is 858. The maximum Gasteiger partial charge on any atom is 0.289 e. The van der Waals surface area contributed by atoms with Crippen LogP contribution in [0.3, 0.4) is 0 Å². The van der Waals surface area contributed by atoms with Crippen LogP contribution in [0.5, 0.6) is 0 Å². The lowest BCUT2D eigenvalue weighted by atomic mass is 9.94. The molecule has 4 rings (SSSR count). The van der Waals surface area contributed by atoms with E-state index in [1.165, 1.54) is 25.3 Å². The molecule has 156 valence electrons. The highest BCUT2D eigenvalue weighted by molar-refractivity contribution is 5.91. The minimum atomic E-state index is -0.205. The number of carbonyl (C=O) groups is 1. The SMILES string of the molecule is CN(C(=O)c1ncc2n1CCC[C@@H]2N(C)Cc1cccc(F)c1)C1CCCCC1. The van der Waals surface area contributed by atoms with Gasteiger partial charge in [-0.1, -0.05) is 31.4 Å². The third-order valence-electron chi connectivity index (χ3n) is 6.57. The fraction of sp³-hybridized carbons (Fsp3) is 0.565. The van der Waals surface area contributed by atoms with E-state index < -0.39 is 0 Å². The van der Waals surface area contributed by atoms with Crippen LogP contribution in [0.15, 0.2) is 30.5 Å². The van der Waals surface area contributed by atoms with Crippen molar-refractivity contribution in [2.24, 2.45) is 0 Å². The first-order valence-corrected chi connectivity index (χ1v) is 10.8. The third-order valence-corrected chi connectivity index (χ3v) is 6.57. The van der Waals surface area contributed by atoms with Gasteiger partial charge < -0.3 is 9.47 Å². The van der Waals surface area contributed by atoms with Gasteiger partial charge in [0.1, 0.15) is 5.82 Å². The Hall–Kier alpha value is -2.21. The molecule has 1 aromatic carbocycles. The number of halogens is 1. The first-order chi connectivity index (χ1) is 14.0. The predicted octanol–water partition coefficient (Wildman–Crippen LogP) is 4.39. The lowest BCUT2D eigenvalue weighted by Crippen LogP contribution is -2.40. The zero-order valence-corrected chi connectivity index (χ0v) is 17.5. The number of imidazole rings is 1.